The maximum absolute atomic E-state index is 12.3. The first-order chi connectivity index (χ1) is 10.4. The number of aromatic nitrogens is 5. The molecule has 0 radical (unpaired) electrons. The van der Waals surface area contributed by atoms with Crippen molar-refractivity contribution in [2.75, 3.05) is 0 Å². The molecule has 0 amide bonds. The number of aryl methyl sites for hydroxylation is 2. The summed E-state index contributed by atoms with van der Waals surface area (Å²) >= 11 is 0. The molecule has 0 unspecified atom stereocenters. The molecule has 3 rings (SSSR count). The van der Waals surface area contributed by atoms with Gasteiger partial charge in [0.15, 0.2) is 11.4 Å². The highest BCUT2D eigenvalue weighted by atomic mass is 32.2. The number of oxazole rings is 1. The first-order valence-corrected chi connectivity index (χ1v) is 7.67. The van der Waals surface area contributed by atoms with E-state index in [2.05, 4.69) is 20.2 Å². The summed E-state index contributed by atoms with van der Waals surface area (Å²) in [6.45, 7) is -0.0530. The molecule has 10 nitrogen and oxygen atoms in total. The van der Waals surface area contributed by atoms with Crippen molar-refractivity contribution in [3.63, 3.8) is 0 Å². The van der Waals surface area contributed by atoms with Crippen LogP contribution in [0.3, 0.4) is 0 Å². The maximum atomic E-state index is 12.3. The lowest BCUT2D eigenvalue weighted by atomic mass is 10.3. The topological polar surface area (TPSA) is 125 Å². The summed E-state index contributed by atoms with van der Waals surface area (Å²) in [6.07, 6.45) is 0. The van der Waals surface area contributed by atoms with Crippen LogP contribution in [-0.2, 0) is 30.7 Å². The molecule has 0 aliphatic rings. The first kappa shape index (κ1) is 14.4. The summed E-state index contributed by atoms with van der Waals surface area (Å²) < 4.78 is 34.5. The predicted molar refractivity (Wildman–Crippen MR) is 74.3 cm³/mol. The minimum absolute atomic E-state index is 0.00974. The second kappa shape index (κ2) is 5.03. The normalized spacial score (nSPS) is 12.1. The molecule has 3 aromatic rings. The Balaban J connectivity index is 1.91. The Morgan fingerprint density at radius 2 is 2.09 bits per heavy atom. The monoisotopic (exact) mass is 324 g/mol. The third-order valence-corrected chi connectivity index (χ3v) is 4.60. The summed E-state index contributed by atoms with van der Waals surface area (Å²) in [5.74, 6) is -0.182. The van der Waals surface area contributed by atoms with E-state index in [-0.39, 0.29) is 17.0 Å². The van der Waals surface area contributed by atoms with Crippen molar-refractivity contribution >= 4 is 21.1 Å². The van der Waals surface area contributed by atoms with Crippen molar-refractivity contribution in [1.82, 2.24) is 29.5 Å². The van der Waals surface area contributed by atoms with Crippen LogP contribution in [0.2, 0.25) is 0 Å². The third-order valence-electron chi connectivity index (χ3n) is 3.20. The number of benzene rings is 1. The number of sulfonamides is 1. The van der Waals surface area contributed by atoms with Crippen LogP contribution in [0.4, 0.5) is 0 Å². The molecule has 0 saturated heterocycles. The van der Waals surface area contributed by atoms with Crippen molar-refractivity contribution < 1.29 is 12.8 Å². The number of hydrogen-bond donors (Lipinski definition) is 1. The van der Waals surface area contributed by atoms with Crippen LogP contribution in [0.15, 0.2) is 32.3 Å². The van der Waals surface area contributed by atoms with E-state index in [1.54, 1.807) is 14.1 Å². The van der Waals surface area contributed by atoms with E-state index in [1.165, 1.54) is 27.4 Å². The fraction of sp³-hybridized carbons (Fsp3) is 0.273. The molecule has 0 spiro atoms. The van der Waals surface area contributed by atoms with Crippen molar-refractivity contribution in [3.8, 4) is 0 Å². The smallest absolute Gasteiger partial charge is 0.408 e. The zero-order valence-electron chi connectivity index (χ0n) is 11.7. The number of nitrogens with zero attached hydrogens (tertiary/aromatic N) is 5. The number of fused-ring (bicyclic) bond motifs is 1. The molecule has 0 bridgehead atoms. The van der Waals surface area contributed by atoms with Gasteiger partial charge in [0.25, 0.3) is 0 Å². The molecular weight excluding hydrogens is 312 g/mol. The zero-order valence-corrected chi connectivity index (χ0v) is 12.5. The molecule has 1 aromatic carbocycles. The molecule has 0 aliphatic heterocycles. The molecular formula is C11H12N6O4S. The van der Waals surface area contributed by atoms with Gasteiger partial charge in [-0.25, -0.2) is 22.6 Å². The largest absolute Gasteiger partial charge is 0.419 e. The Hall–Kier alpha value is -2.53. The van der Waals surface area contributed by atoms with Gasteiger partial charge < -0.3 is 4.42 Å². The van der Waals surface area contributed by atoms with Gasteiger partial charge in [-0.05, 0) is 22.6 Å². The highest BCUT2D eigenvalue weighted by Gasteiger charge is 2.17. The number of rotatable bonds is 4. The van der Waals surface area contributed by atoms with E-state index in [9.17, 15) is 13.2 Å². The molecule has 0 saturated carbocycles. The summed E-state index contributed by atoms with van der Waals surface area (Å²) in [7, 11) is -0.630. The van der Waals surface area contributed by atoms with Crippen LogP contribution in [0, 0.1) is 0 Å². The van der Waals surface area contributed by atoms with Gasteiger partial charge in [0.05, 0.1) is 17.0 Å². The van der Waals surface area contributed by atoms with Gasteiger partial charge in [0, 0.05) is 20.2 Å². The van der Waals surface area contributed by atoms with E-state index in [1.807, 2.05) is 0 Å². The summed E-state index contributed by atoms with van der Waals surface area (Å²) in [5, 5.41) is 10.7. The fourth-order valence-electron chi connectivity index (χ4n) is 1.92. The Kier molecular flexibility index (Phi) is 3.30. The third kappa shape index (κ3) is 2.40. The molecule has 2 heterocycles. The zero-order chi connectivity index (χ0) is 15.9. The number of nitrogens with one attached hydrogen (secondary N) is 1. The molecule has 1 N–H and O–H groups in total. The highest BCUT2D eigenvalue weighted by Crippen LogP contribution is 2.17. The van der Waals surface area contributed by atoms with Gasteiger partial charge in [-0.2, -0.15) is 0 Å². The van der Waals surface area contributed by atoms with E-state index in [0.29, 0.717) is 11.3 Å². The van der Waals surface area contributed by atoms with Crippen molar-refractivity contribution in [3.05, 3.63) is 34.6 Å². The van der Waals surface area contributed by atoms with Crippen LogP contribution in [0.1, 0.15) is 5.82 Å². The fourth-order valence-corrected chi connectivity index (χ4v) is 2.92. The van der Waals surface area contributed by atoms with Crippen LogP contribution in [0.25, 0.3) is 11.1 Å². The quantitative estimate of drug-likeness (QED) is 0.661. The SMILES string of the molecule is Cn1nnnc1CNS(=O)(=O)c1ccc2c(c1)oc(=O)n2C. The van der Waals surface area contributed by atoms with Gasteiger partial charge >= 0.3 is 5.76 Å². The molecule has 0 aliphatic carbocycles. The van der Waals surface area contributed by atoms with E-state index < -0.39 is 15.8 Å². The Morgan fingerprint density at radius 1 is 1.32 bits per heavy atom. The molecule has 116 valence electrons. The molecule has 0 fully saturated rings. The number of tetrazole rings is 1. The minimum atomic E-state index is -3.78. The highest BCUT2D eigenvalue weighted by molar-refractivity contribution is 7.89. The van der Waals surface area contributed by atoms with Crippen molar-refractivity contribution in [2.24, 2.45) is 14.1 Å². The van der Waals surface area contributed by atoms with Crippen molar-refractivity contribution in [1.29, 1.82) is 0 Å². The standard InChI is InChI=1S/C11H12N6O4S/c1-16-8-4-3-7(5-9(8)21-11(16)18)22(19,20)12-6-10-13-14-15-17(10)2/h3-5,12H,6H2,1-2H3. The average Bonchev–Trinajstić information content (AvgIpc) is 3.01. The van der Waals surface area contributed by atoms with Crippen molar-refractivity contribution in [2.45, 2.75) is 11.4 Å². The first-order valence-electron chi connectivity index (χ1n) is 6.19. The second-order valence-electron chi connectivity index (χ2n) is 4.60. The van der Waals surface area contributed by atoms with E-state index in [0.717, 1.165) is 0 Å². The predicted octanol–water partition coefficient (Wildman–Crippen LogP) is -0.866. The van der Waals surface area contributed by atoms with E-state index >= 15 is 0 Å². The maximum Gasteiger partial charge on any atom is 0.419 e. The Morgan fingerprint density at radius 3 is 2.77 bits per heavy atom. The van der Waals surface area contributed by atoms with Crippen LogP contribution < -0.4 is 10.5 Å². The summed E-state index contributed by atoms with van der Waals surface area (Å²) in [4.78, 5) is 11.4. The minimum Gasteiger partial charge on any atom is -0.408 e. The second-order valence-corrected chi connectivity index (χ2v) is 6.37. The van der Waals surface area contributed by atoms with Crippen LogP contribution in [0.5, 0.6) is 0 Å². The van der Waals surface area contributed by atoms with E-state index in [4.69, 9.17) is 4.42 Å². The van der Waals surface area contributed by atoms with Gasteiger partial charge in [-0.1, -0.05) is 0 Å². The lowest BCUT2D eigenvalue weighted by Crippen LogP contribution is -2.24. The van der Waals surface area contributed by atoms with Crippen LogP contribution in [-0.4, -0.2) is 33.2 Å². The summed E-state index contributed by atoms with van der Waals surface area (Å²) in [5.41, 5.74) is 0.720. The molecule has 22 heavy (non-hydrogen) atoms. The number of hydrogen-bond acceptors (Lipinski definition) is 7. The molecule has 11 heteroatoms. The van der Waals surface area contributed by atoms with Gasteiger partial charge in [0.1, 0.15) is 0 Å². The Bertz CT molecular complexity index is 999. The van der Waals surface area contributed by atoms with Gasteiger partial charge in [-0.15, -0.1) is 5.10 Å². The lowest BCUT2D eigenvalue weighted by Gasteiger charge is -2.05. The molecule has 2 aromatic heterocycles. The lowest BCUT2D eigenvalue weighted by molar-refractivity contribution is 0.527. The Labute approximate surface area is 124 Å². The average molecular weight is 324 g/mol. The summed E-state index contributed by atoms with van der Waals surface area (Å²) in [6, 6.07) is 4.21. The molecule has 0 atom stereocenters. The van der Waals surface area contributed by atoms with Gasteiger partial charge in [-0.3, -0.25) is 4.57 Å². The van der Waals surface area contributed by atoms with Crippen LogP contribution >= 0.6 is 0 Å². The van der Waals surface area contributed by atoms with Gasteiger partial charge in [0.2, 0.25) is 10.0 Å².